The molecule has 0 radical (unpaired) electrons. The van der Waals surface area contributed by atoms with Gasteiger partial charge >= 0.3 is 17.9 Å². The molecule has 8 nitrogen and oxygen atoms in total. The molecule has 21 heavy (non-hydrogen) atoms. The summed E-state index contributed by atoms with van der Waals surface area (Å²) in [4.78, 5) is 32.1. The van der Waals surface area contributed by atoms with Crippen molar-refractivity contribution in [3.63, 3.8) is 0 Å². The smallest absolute Gasteiger partial charge is 0.428 e. The van der Waals surface area contributed by atoms with Gasteiger partial charge in [0.1, 0.15) is 5.76 Å². The summed E-state index contributed by atoms with van der Waals surface area (Å²) >= 11 is 0. The zero-order chi connectivity index (χ0) is 16.8. The first kappa shape index (κ1) is 21.1. The second kappa shape index (κ2) is 12.8. The molecular weight excluding hydrogens is 282 g/mol. The first-order valence-electron chi connectivity index (χ1n) is 6.62. The number of amides is 1. The van der Waals surface area contributed by atoms with Gasteiger partial charge in [-0.05, 0) is 6.92 Å². The summed E-state index contributed by atoms with van der Waals surface area (Å²) in [7, 11) is 0. The monoisotopic (exact) mass is 305 g/mol. The van der Waals surface area contributed by atoms with Crippen molar-refractivity contribution in [2.45, 2.75) is 48.1 Å². The van der Waals surface area contributed by atoms with Gasteiger partial charge in [0.05, 0.1) is 6.54 Å². The number of nitrogens with one attached hydrogen (secondary N) is 1. The first-order valence-corrected chi connectivity index (χ1v) is 6.62. The topological polar surface area (TPSA) is 108 Å². The quantitative estimate of drug-likeness (QED) is 0.671. The lowest BCUT2D eigenvalue weighted by atomic mass is 10.4. The van der Waals surface area contributed by atoms with E-state index in [0.29, 0.717) is 0 Å². The van der Waals surface area contributed by atoms with Crippen molar-refractivity contribution in [2.75, 3.05) is 6.79 Å². The van der Waals surface area contributed by atoms with E-state index in [2.05, 4.69) is 23.6 Å². The van der Waals surface area contributed by atoms with Crippen molar-refractivity contribution in [1.82, 2.24) is 5.32 Å². The summed E-state index contributed by atoms with van der Waals surface area (Å²) in [6, 6.07) is 0. The van der Waals surface area contributed by atoms with E-state index < -0.39 is 24.7 Å². The minimum atomic E-state index is -0.840. The summed E-state index contributed by atoms with van der Waals surface area (Å²) in [6.45, 7) is 10.2. The second-order valence-corrected chi connectivity index (χ2v) is 2.97. The largest absolute Gasteiger partial charge is 0.519 e. The molecule has 0 aliphatic rings. The third kappa shape index (κ3) is 10.2. The molecule has 1 aromatic rings. The number of aryl methyl sites for hydroxylation is 1. The van der Waals surface area contributed by atoms with Gasteiger partial charge in [-0.1, -0.05) is 27.7 Å². The zero-order valence-electron chi connectivity index (χ0n) is 13.3. The molecule has 0 unspecified atom stereocenters. The van der Waals surface area contributed by atoms with E-state index in [0.717, 1.165) is 0 Å². The van der Waals surface area contributed by atoms with Crippen LogP contribution in [0.3, 0.4) is 0 Å². The normalized spacial score (nSPS) is 8.48. The van der Waals surface area contributed by atoms with Crippen molar-refractivity contribution < 1.29 is 27.9 Å². The molecule has 0 aliphatic carbocycles. The minimum absolute atomic E-state index is 0.0590. The molecule has 1 aromatic heterocycles. The molecule has 1 amide bonds. The van der Waals surface area contributed by atoms with Crippen LogP contribution in [-0.2, 0) is 20.8 Å². The third-order valence-electron chi connectivity index (χ3n) is 1.68. The number of carbonyl (C=O) groups is 2. The molecule has 0 saturated heterocycles. The Bertz CT molecular complexity index is 461. The highest BCUT2D eigenvalue weighted by Crippen LogP contribution is 2.03. The number of esters is 1. The van der Waals surface area contributed by atoms with Crippen LogP contribution in [0.25, 0.3) is 0 Å². The van der Waals surface area contributed by atoms with Gasteiger partial charge < -0.3 is 23.6 Å². The molecule has 0 bridgehead atoms. The Balaban J connectivity index is 0. The molecule has 0 atom stereocenters. The van der Waals surface area contributed by atoms with Gasteiger partial charge in [0, 0.05) is 6.92 Å². The molecule has 8 heteroatoms. The lowest BCUT2D eigenvalue weighted by molar-refractivity contribution is -0.149. The van der Waals surface area contributed by atoms with E-state index in [9.17, 15) is 14.4 Å². The maximum atomic E-state index is 11.0. The molecule has 0 saturated carbocycles. The number of hydrogen-bond acceptors (Lipinski definition) is 7. The number of carbonyl (C=O) groups excluding carboxylic acids is 2. The lowest BCUT2D eigenvalue weighted by Crippen LogP contribution is -2.25. The van der Waals surface area contributed by atoms with Crippen LogP contribution in [-0.4, -0.2) is 18.9 Å². The van der Waals surface area contributed by atoms with Crippen molar-refractivity contribution in [1.29, 1.82) is 0 Å². The van der Waals surface area contributed by atoms with Gasteiger partial charge in [0.25, 0.3) is 0 Å². The molecular formula is C13H23NO7. The minimum Gasteiger partial charge on any atom is -0.428 e. The van der Waals surface area contributed by atoms with Crippen LogP contribution >= 0.6 is 0 Å². The molecule has 1 heterocycles. The van der Waals surface area contributed by atoms with Crippen LogP contribution < -0.4 is 11.1 Å². The summed E-state index contributed by atoms with van der Waals surface area (Å²) < 4.78 is 18.1. The van der Waals surface area contributed by atoms with Gasteiger partial charge in [-0.25, -0.2) is 9.59 Å². The summed E-state index contributed by atoms with van der Waals surface area (Å²) in [5.74, 6) is -0.934. The Morgan fingerprint density at radius 1 is 1.10 bits per heavy atom. The van der Waals surface area contributed by atoms with E-state index in [1.165, 1.54) is 13.8 Å². The summed E-state index contributed by atoms with van der Waals surface area (Å²) in [5, 5.41) is 2.28. The van der Waals surface area contributed by atoms with Gasteiger partial charge in [-0.2, -0.15) is 0 Å². The molecule has 0 aromatic carbocycles. The molecule has 0 spiro atoms. The van der Waals surface area contributed by atoms with E-state index in [1.54, 1.807) is 0 Å². The SMILES string of the molecule is CC.CC.CC(=O)OCOC(=O)NCc1oc(=O)oc1C. The van der Waals surface area contributed by atoms with Crippen LogP contribution in [0.2, 0.25) is 0 Å². The van der Waals surface area contributed by atoms with Gasteiger partial charge in [0.2, 0.25) is 6.79 Å². The van der Waals surface area contributed by atoms with Crippen LogP contribution in [0.4, 0.5) is 4.79 Å². The number of ether oxygens (including phenoxy) is 2. The van der Waals surface area contributed by atoms with Crippen molar-refractivity contribution >= 4 is 12.1 Å². The van der Waals surface area contributed by atoms with E-state index in [1.807, 2.05) is 27.7 Å². The Morgan fingerprint density at radius 3 is 2.10 bits per heavy atom. The van der Waals surface area contributed by atoms with E-state index in [-0.39, 0.29) is 18.1 Å². The molecule has 1 N–H and O–H groups in total. The zero-order valence-corrected chi connectivity index (χ0v) is 13.3. The number of rotatable bonds is 4. The van der Waals surface area contributed by atoms with Crippen molar-refractivity contribution in [2.24, 2.45) is 0 Å². The van der Waals surface area contributed by atoms with Crippen LogP contribution in [0.1, 0.15) is 46.1 Å². The van der Waals surface area contributed by atoms with Crippen molar-refractivity contribution in [3.05, 3.63) is 22.1 Å². The van der Waals surface area contributed by atoms with Crippen LogP contribution in [0.15, 0.2) is 13.6 Å². The maximum Gasteiger partial charge on any atom is 0.519 e. The van der Waals surface area contributed by atoms with Crippen LogP contribution in [0.5, 0.6) is 0 Å². The summed E-state index contributed by atoms with van der Waals surface area (Å²) in [6.07, 6.45) is -0.811. The highest BCUT2D eigenvalue weighted by Gasteiger charge is 2.10. The van der Waals surface area contributed by atoms with Gasteiger partial charge in [0.15, 0.2) is 5.76 Å². The predicted molar refractivity (Wildman–Crippen MR) is 74.6 cm³/mol. The van der Waals surface area contributed by atoms with Gasteiger partial charge in [-0.15, -0.1) is 0 Å². The average Bonchev–Trinajstić information content (AvgIpc) is 2.79. The maximum absolute atomic E-state index is 11.0. The Labute approximate surface area is 123 Å². The van der Waals surface area contributed by atoms with E-state index in [4.69, 9.17) is 0 Å². The average molecular weight is 305 g/mol. The molecule has 122 valence electrons. The molecule has 0 aliphatic heterocycles. The highest BCUT2D eigenvalue weighted by molar-refractivity contribution is 5.68. The summed E-state index contributed by atoms with van der Waals surface area (Å²) in [5.41, 5.74) is 0. The fourth-order valence-corrected chi connectivity index (χ4v) is 0.905. The standard InChI is InChI=1S/C9H11NO7.2C2H6/c1-5-7(17-9(13)16-5)3-10-8(12)15-4-14-6(2)11;2*1-2/h3-4H2,1-2H3,(H,10,12);2*1-2H3. The molecule has 0 fully saturated rings. The third-order valence-corrected chi connectivity index (χ3v) is 1.68. The lowest BCUT2D eigenvalue weighted by Gasteiger charge is -2.05. The first-order chi connectivity index (χ1) is 9.99. The van der Waals surface area contributed by atoms with Gasteiger partial charge in [-0.3, -0.25) is 4.79 Å². The Morgan fingerprint density at radius 2 is 1.67 bits per heavy atom. The predicted octanol–water partition coefficient (Wildman–Crippen LogP) is 2.34. The number of alkyl carbamates (subject to hydrolysis) is 1. The molecule has 1 rings (SSSR count). The van der Waals surface area contributed by atoms with Crippen LogP contribution in [0, 0.1) is 6.92 Å². The van der Waals surface area contributed by atoms with E-state index >= 15 is 0 Å². The van der Waals surface area contributed by atoms with Crippen molar-refractivity contribution in [3.8, 4) is 0 Å². The fourth-order valence-electron chi connectivity index (χ4n) is 0.905. The fraction of sp³-hybridized carbons (Fsp3) is 0.615. The second-order valence-electron chi connectivity index (χ2n) is 2.97. The highest BCUT2D eigenvalue weighted by atomic mass is 16.7. The Hall–Kier alpha value is -2.25. The Kier molecular flexibility index (Phi) is 12.8. The number of hydrogen-bond donors (Lipinski definition) is 1.